The molecule has 0 bridgehead atoms. The average Bonchev–Trinajstić information content (AvgIpc) is 2.60. The largest absolute Gasteiger partial charge is 0.494 e. The second-order valence-electron chi connectivity index (χ2n) is 2.87. The van der Waals surface area contributed by atoms with Gasteiger partial charge in [-0.2, -0.15) is 5.10 Å². The summed E-state index contributed by atoms with van der Waals surface area (Å²) in [5, 5.41) is 25.2. The molecule has 14 heavy (non-hydrogen) atoms. The quantitative estimate of drug-likeness (QED) is 0.610. The van der Waals surface area contributed by atoms with Gasteiger partial charge in [0.15, 0.2) is 6.29 Å². The average molecular weight is 194 g/mol. The van der Waals surface area contributed by atoms with Gasteiger partial charge < -0.3 is 14.9 Å². The summed E-state index contributed by atoms with van der Waals surface area (Å²) in [7, 11) is 1.54. The second kappa shape index (κ2) is 3.28. The fourth-order valence-electron chi connectivity index (χ4n) is 1.39. The molecule has 0 amide bonds. The molecular formula is C9H10N2O3. The van der Waals surface area contributed by atoms with E-state index in [0.29, 0.717) is 16.7 Å². The Labute approximate surface area is 79.9 Å². The molecular weight excluding hydrogens is 184 g/mol. The lowest BCUT2D eigenvalue weighted by molar-refractivity contribution is -0.0447. The Morgan fingerprint density at radius 2 is 2.21 bits per heavy atom. The fourth-order valence-corrected chi connectivity index (χ4v) is 1.39. The Hall–Kier alpha value is -1.59. The van der Waals surface area contributed by atoms with Crippen LogP contribution in [0.5, 0.6) is 5.75 Å². The van der Waals surface area contributed by atoms with Crippen molar-refractivity contribution in [2.75, 3.05) is 7.11 Å². The van der Waals surface area contributed by atoms with E-state index in [1.807, 2.05) is 0 Å². The second-order valence-corrected chi connectivity index (χ2v) is 2.87. The number of aliphatic hydroxyl groups is 2. The number of benzene rings is 1. The first-order valence-corrected chi connectivity index (χ1v) is 4.11. The maximum atomic E-state index is 9.02. The lowest BCUT2D eigenvalue weighted by atomic mass is 10.2. The predicted molar refractivity (Wildman–Crippen MR) is 49.8 cm³/mol. The molecule has 1 heterocycles. The van der Waals surface area contributed by atoms with Gasteiger partial charge in [-0.25, -0.2) is 0 Å². The molecule has 0 spiro atoms. The minimum atomic E-state index is -1.55. The Kier molecular flexibility index (Phi) is 2.11. The van der Waals surface area contributed by atoms with Crippen LogP contribution in [-0.2, 0) is 0 Å². The van der Waals surface area contributed by atoms with Crippen LogP contribution in [0.15, 0.2) is 18.2 Å². The number of rotatable bonds is 2. The molecule has 0 fully saturated rings. The highest BCUT2D eigenvalue weighted by Gasteiger charge is 2.13. The number of aromatic nitrogens is 2. The molecule has 0 aliphatic heterocycles. The van der Waals surface area contributed by atoms with E-state index in [0.717, 1.165) is 0 Å². The SMILES string of the molecule is COc1cccc2c(C(O)O)[nH]nc12. The smallest absolute Gasteiger partial charge is 0.196 e. The van der Waals surface area contributed by atoms with Crippen LogP contribution in [0.2, 0.25) is 0 Å². The minimum Gasteiger partial charge on any atom is -0.494 e. The third-order valence-electron chi connectivity index (χ3n) is 2.06. The summed E-state index contributed by atoms with van der Waals surface area (Å²) in [6.07, 6.45) is -1.55. The van der Waals surface area contributed by atoms with E-state index in [9.17, 15) is 0 Å². The van der Waals surface area contributed by atoms with Crippen LogP contribution in [-0.4, -0.2) is 27.5 Å². The summed E-state index contributed by atoms with van der Waals surface area (Å²) in [5.41, 5.74) is 0.872. The maximum Gasteiger partial charge on any atom is 0.196 e. The molecule has 0 atom stereocenters. The van der Waals surface area contributed by atoms with Crippen molar-refractivity contribution >= 4 is 10.9 Å². The predicted octanol–water partition coefficient (Wildman–Crippen LogP) is 0.555. The molecule has 2 aromatic rings. The number of nitrogens with zero attached hydrogens (tertiary/aromatic N) is 1. The summed E-state index contributed by atoms with van der Waals surface area (Å²) < 4.78 is 5.07. The van der Waals surface area contributed by atoms with Gasteiger partial charge in [0.05, 0.1) is 12.8 Å². The zero-order valence-electron chi connectivity index (χ0n) is 7.56. The van der Waals surface area contributed by atoms with E-state index in [1.54, 1.807) is 25.3 Å². The highest BCUT2D eigenvalue weighted by atomic mass is 16.5. The topological polar surface area (TPSA) is 78.4 Å². The van der Waals surface area contributed by atoms with E-state index >= 15 is 0 Å². The van der Waals surface area contributed by atoms with Gasteiger partial charge in [-0.1, -0.05) is 12.1 Å². The molecule has 0 saturated heterocycles. The standard InChI is InChI=1S/C9H10N2O3/c1-14-6-4-2-3-5-7(6)10-11-8(5)9(12)13/h2-4,9,12-13H,1H3,(H,10,11). The van der Waals surface area contributed by atoms with E-state index in [-0.39, 0.29) is 5.69 Å². The lowest BCUT2D eigenvalue weighted by Gasteiger charge is -2.01. The number of hydrogen-bond donors (Lipinski definition) is 3. The molecule has 1 aromatic heterocycles. The summed E-state index contributed by atoms with van der Waals surface area (Å²) >= 11 is 0. The zero-order chi connectivity index (χ0) is 10.1. The molecule has 0 aliphatic rings. The summed E-state index contributed by atoms with van der Waals surface area (Å²) in [6, 6.07) is 5.27. The van der Waals surface area contributed by atoms with Gasteiger partial charge in [-0.3, -0.25) is 5.10 Å². The lowest BCUT2D eigenvalue weighted by Crippen LogP contribution is -1.95. The highest BCUT2D eigenvalue weighted by molar-refractivity contribution is 5.86. The van der Waals surface area contributed by atoms with Gasteiger partial charge in [0, 0.05) is 5.39 Å². The van der Waals surface area contributed by atoms with Crippen LogP contribution >= 0.6 is 0 Å². The first-order chi connectivity index (χ1) is 6.74. The van der Waals surface area contributed by atoms with Gasteiger partial charge in [0.1, 0.15) is 11.3 Å². The molecule has 5 nitrogen and oxygen atoms in total. The Morgan fingerprint density at radius 1 is 1.43 bits per heavy atom. The number of aliphatic hydroxyl groups excluding tert-OH is 1. The van der Waals surface area contributed by atoms with Gasteiger partial charge in [-0.05, 0) is 6.07 Å². The van der Waals surface area contributed by atoms with Crippen LogP contribution < -0.4 is 4.74 Å². The van der Waals surface area contributed by atoms with Crippen LogP contribution in [0.3, 0.4) is 0 Å². The Balaban J connectivity index is 2.69. The number of hydrogen-bond acceptors (Lipinski definition) is 4. The summed E-state index contributed by atoms with van der Waals surface area (Å²) in [5.74, 6) is 0.602. The van der Waals surface area contributed by atoms with Crippen molar-refractivity contribution in [1.29, 1.82) is 0 Å². The number of nitrogens with one attached hydrogen (secondary N) is 1. The summed E-state index contributed by atoms with van der Waals surface area (Å²) in [4.78, 5) is 0. The van der Waals surface area contributed by atoms with E-state index in [4.69, 9.17) is 14.9 Å². The third-order valence-corrected chi connectivity index (χ3v) is 2.06. The normalized spacial score (nSPS) is 11.1. The maximum absolute atomic E-state index is 9.02. The first-order valence-electron chi connectivity index (χ1n) is 4.11. The minimum absolute atomic E-state index is 0.277. The van der Waals surface area contributed by atoms with Crippen molar-refractivity contribution in [3.8, 4) is 5.75 Å². The number of methoxy groups -OCH3 is 1. The van der Waals surface area contributed by atoms with Gasteiger partial charge in [0.25, 0.3) is 0 Å². The van der Waals surface area contributed by atoms with E-state index in [1.165, 1.54) is 0 Å². The monoisotopic (exact) mass is 194 g/mol. The molecule has 74 valence electrons. The molecule has 0 unspecified atom stereocenters. The summed E-state index contributed by atoms with van der Waals surface area (Å²) in [6.45, 7) is 0. The fraction of sp³-hybridized carbons (Fsp3) is 0.222. The van der Waals surface area contributed by atoms with Crippen molar-refractivity contribution in [1.82, 2.24) is 10.2 Å². The van der Waals surface area contributed by atoms with Crippen molar-refractivity contribution in [2.45, 2.75) is 6.29 Å². The van der Waals surface area contributed by atoms with Crippen molar-refractivity contribution in [3.63, 3.8) is 0 Å². The van der Waals surface area contributed by atoms with Crippen molar-refractivity contribution < 1.29 is 14.9 Å². The number of fused-ring (bicyclic) bond motifs is 1. The molecule has 5 heteroatoms. The number of ether oxygens (including phenoxy) is 1. The highest BCUT2D eigenvalue weighted by Crippen LogP contribution is 2.27. The molecule has 2 rings (SSSR count). The van der Waals surface area contributed by atoms with Crippen molar-refractivity contribution in [2.24, 2.45) is 0 Å². The van der Waals surface area contributed by atoms with E-state index < -0.39 is 6.29 Å². The van der Waals surface area contributed by atoms with Crippen LogP contribution in [0.1, 0.15) is 12.0 Å². The third kappa shape index (κ3) is 1.23. The van der Waals surface area contributed by atoms with Gasteiger partial charge >= 0.3 is 0 Å². The number of para-hydroxylation sites is 1. The molecule has 0 aliphatic carbocycles. The zero-order valence-corrected chi connectivity index (χ0v) is 7.56. The van der Waals surface area contributed by atoms with Gasteiger partial charge in [-0.15, -0.1) is 0 Å². The van der Waals surface area contributed by atoms with Gasteiger partial charge in [0.2, 0.25) is 0 Å². The molecule has 1 aromatic carbocycles. The van der Waals surface area contributed by atoms with E-state index in [2.05, 4.69) is 10.2 Å². The van der Waals surface area contributed by atoms with Crippen LogP contribution in [0.4, 0.5) is 0 Å². The number of H-pyrrole nitrogens is 1. The molecule has 3 N–H and O–H groups in total. The Bertz CT molecular complexity index is 450. The Morgan fingerprint density at radius 3 is 2.86 bits per heavy atom. The van der Waals surface area contributed by atoms with Crippen LogP contribution in [0, 0.1) is 0 Å². The molecule has 0 saturated carbocycles. The number of aromatic amines is 1. The van der Waals surface area contributed by atoms with Crippen molar-refractivity contribution in [3.05, 3.63) is 23.9 Å². The van der Waals surface area contributed by atoms with Crippen LogP contribution in [0.25, 0.3) is 10.9 Å². The molecule has 0 radical (unpaired) electrons. The first kappa shape index (κ1) is 8.98.